The predicted molar refractivity (Wildman–Crippen MR) is 79.1 cm³/mol. The molecule has 0 aromatic heterocycles. The molecular weight excluding hydrogens is 268 g/mol. The van der Waals surface area contributed by atoms with Crippen molar-refractivity contribution in [3.63, 3.8) is 0 Å². The van der Waals surface area contributed by atoms with Crippen LogP contribution in [-0.2, 0) is 6.42 Å². The summed E-state index contributed by atoms with van der Waals surface area (Å²) in [5, 5.41) is 28.5. The van der Waals surface area contributed by atoms with Gasteiger partial charge in [0.1, 0.15) is 5.75 Å². The molecule has 0 spiro atoms. The summed E-state index contributed by atoms with van der Waals surface area (Å²) in [6.45, 7) is 0. The molecule has 3 rings (SSSR count). The molecule has 0 amide bonds. The monoisotopic (exact) mass is 282 g/mol. The first-order valence-corrected chi connectivity index (χ1v) is 6.67. The Kier molecular flexibility index (Phi) is 3.17. The number of nitrogens with zero attached hydrogens (tertiary/aromatic N) is 1. The van der Waals surface area contributed by atoms with Crippen molar-refractivity contribution in [1.82, 2.24) is 0 Å². The second-order valence-electron chi connectivity index (χ2n) is 5.27. The minimum absolute atomic E-state index is 0.0601. The molecule has 2 aromatic rings. The Morgan fingerprint density at radius 1 is 1.24 bits per heavy atom. The maximum absolute atomic E-state index is 10.9. The second kappa shape index (κ2) is 5.01. The van der Waals surface area contributed by atoms with E-state index in [2.05, 4.69) is 0 Å². The summed E-state index contributed by atoms with van der Waals surface area (Å²) in [7, 11) is 0. The third-order valence-corrected chi connectivity index (χ3v) is 3.84. The quantitative estimate of drug-likeness (QED) is 0.653. The molecule has 2 N–H and O–H groups in total. The van der Waals surface area contributed by atoms with E-state index < -0.39 is 4.92 Å². The molecule has 0 saturated carbocycles. The fourth-order valence-corrected chi connectivity index (χ4v) is 2.90. The van der Waals surface area contributed by atoms with Crippen LogP contribution >= 0.6 is 0 Å². The Hall–Kier alpha value is -2.69. The molecule has 106 valence electrons. The molecule has 1 aliphatic rings. The molecule has 1 unspecified atom stereocenters. The van der Waals surface area contributed by atoms with E-state index in [1.54, 1.807) is 24.3 Å². The van der Waals surface area contributed by atoms with E-state index in [0.29, 0.717) is 18.6 Å². The Morgan fingerprint density at radius 3 is 2.81 bits per heavy atom. The van der Waals surface area contributed by atoms with E-state index in [1.807, 2.05) is 12.1 Å². The molecule has 1 aliphatic carbocycles. The van der Waals surface area contributed by atoms with Crippen LogP contribution in [0.15, 0.2) is 42.5 Å². The fourth-order valence-electron chi connectivity index (χ4n) is 2.90. The number of phenols is 1. The Morgan fingerprint density at radius 2 is 2.05 bits per heavy atom. The van der Waals surface area contributed by atoms with Crippen molar-refractivity contribution in [3.8, 4) is 5.75 Å². The average Bonchev–Trinajstić information content (AvgIpc) is 2.46. The zero-order chi connectivity index (χ0) is 15.0. The van der Waals surface area contributed by atoms with Crippen LogP contribution in [0.3, 0.4) is 0 Å². The summed E-state index contributed by atoms with van der Waals surface area (Å²) in [5.41, 5.74) is 3.42. The fraction of sp³-hybridized carbons (Fsp3) is 0.188. The molecule has 0 bridgehead atoms. The van der Waals surface area contributed by atoms with Gasteiger partial charge in [-0.05, 0) is 35.2 Å². The number of non-ortho nitro benzene ring substituents is 1. The minimum Gasteiger partial charge on any atom is -0.508 e. The van der Waals surface area contributed by atoms with Gasteiger partial charge in [0.05, 0.1) is 4.92 Å². The van der Waals surface area contributed by atoms with Crippen LogP contribution in [0.5, 0.6) is 5.75 Å². The number of fused-ring (bicyclic) bond motifs is 1. The van der Waals surface area contributed by atoms with E-state index in [1.165, 1.54) is 6.07 Å². The van der Waals surface area contributed by atoms with Crippen molar-refractivity contribution in [2.45, 2.75) is 18.8 Å². The third kappa shape index (κ3) is 2.50. The largest absolute Gasteiger partial charge is 0.508 e. The van der Waals surface area contributed by atoms with E-state index in [0.717, 1.165) is 16.7 Å². The van der Waals surface area contributed by atoms with Gasteiger partial charge in [-0.1, -0.05) is 18.2 Å². The van der Waals surface area contributed by atoms with Gasteiger partial charge in [0.2, 0.25) is 0 Å². The highest BCUT2D eigenvalue weighted by Gasteiger charge is 2.26. The number of nitro groups is 1. The maximum atomic E-state index is 10.9. The summed E-state index contributed by atoms with van der Waals surface area (Å²) in [4.78, 5) is 10.5. The smallest absolute Gasteiger partial charge is 0.269 e. The summed E-state index contributed by atoms with van der Waals surface area (Å²) in [5.74, 6) is 0.114. The lowest BCUT2D eigenvalue weighted by Crippen LogP contribution is -2.18. The summed E-state index contributed by atoms with van der Waals surface area (Å²) in [6.07, 6.45) is 1.08. The lowest BCUT2D eigenvalue weighted by atomic mass is 9.78. The van der Waals surface area contributed by atoms with Crippen LogP contribution in [0.4, 0.5) is 5.69 Å². The normalized spacial score (nSPS) is 17.3. The van der Waals surface area contributed by atoms with Gasteiger partial charge in [0.25, 0.3) is 5.69 Å². The van der Waals surface area contributed by atoms with Gasteiger partial charge in [-0.25, -0.2) is 0 Å². The lowest BCUT2D eigenvalue weighted by molar-refractivity contribution is -0.384. The summed E-state index contributed by atoms with van der Waals surface area (Å²) >= 11 is 0. The lowest BCUT2D eigenvalue weighted by Gasteiger charge is -2.26. The van der Waals surface area contributed by atoms with Gasteiger partial charge in [0.15, 0.2) is 0 Å². The van der Waals surface area contributed by atoms with E-state index in [-0.39, 0.29) is 17.4 Å². The van der Waals surface area contributed by atoms with E-state index in [9.17, 15) is 15.2 Å². The van der Waals surface area contributed by atoms with Crippen LogP contribution < -0.4 is 0 Å². The van der Waals surface area contributed by atoms with Gasteiger partial charge >= 0.3 is 0 Å². The number of hydrogen-bond donors (Lipinski definition) is 2. The summed E-state index contributed by atoms with van der Waals surface area (Å²) < 4.78 is 0. The number of nitro benzene ring substituents is 1. The van der Waals surface area contributed by atoms with Gasteiger partial charge in [-0.2, -0.15) is 0 Å². The Bertz CT molecular complexity index is 740. The second-order valence-corrected chi connectivity index (χ2v) is 5.27. The average molecular weight is 282 g/mol. The van der Waals surface area contributed by atoms with Crippen molar-refractivity contribution < 1.29 is 10.0 Å². The molecule has 21 heavy (non-hydrogen) atoms. The molecular formula is C16H14N2O3. The summed E-state index contributed by atoms with van der Waals surface area (Å²) in [6, 6.07) is 11.7. The highest BCUT2D eigenvalue weighted by Crippen LogP contribution is 2.37. The predicted octanol–water partition coefficient (Wildman–Crippen LogP) is 3.40. The highest BCUT2D eigenvalue weighted by atomic mass is 16.6. The van der Waals surface area contributed by atoms with Crippen molar-refractivity contribution in [1.29, 1.82) is 5.41 Å². The van der Waals surface area contributed by atoms with Crippen LogP contribution in [0.25, 0.3) is 0 Å². The Balaban J connectivity index is 2.09. The number of aromatic hydroxyl groups is 1. The van der Waals surface area contributed by atoms with E-state index >= 15 is 0 Å². The standard InChI is InChI=1S/C16H14N2O3/c17-12-6-11-8-14(19)4-5-15(11)16(9-12)10-2-1-3-13(7-10)18(20)21/h1-5,7-8,16-17,19H,6,9H2. The molecule has 1 atom stereocenters. The third-order valence-electron chi connectivity index (χ3n) is 3.84. The molecule has 5 nitrogen and oxygen atoms in total. The van der Waals surface area contributed by atoms with Crippen molar-refractivity contribution >= 4 is 11.4 Å². The number of phenolic OH excluding ortho intramolecular Hbond substituents is 1. The van der Waals surface area contributed by atoms with Crippen LogP contribution in [0.2, 0.25) is 0 Å². The van der Waals surface area contributed by atoms with Crippen molar-refractivity contribution in [3.05, 3.63) is 69.3 Å². The molecule has 5 heteroatoms. The molecule has 0 aliphatic heterocycles. The number of benzene rings is 2. The van der Waals surface area contributed by atoms with Crippen molar-refractivity contribution in [2.24, 2.45) is 0 Å². The van der Waals surface area contributed by atoms with Gasteiger partial charge in [-0.15, -0.1) is 0 Å². The van der Waals surface area contributed by atoms with Crippen LogP contribution in [0.1, 0.15) is 29.0 Å². The van der Waals surface area contributed by atoms with Crippen LogP contribution in [-0.4, -0.2) is 15.7 Å². The zero-order valence-electron chi connectivity index (χ0n) is 11.2. The van der Waals surface area contributed by atoms with Gasteiger partial charge in [-0.3, -0.25) is 10.1 Å². The number of nitrogens with one attached hydrogen (secondary N) is 1. The molecule has 2 aromatic carbocycles. The number of rotatable bonds is 2. The van der Waals surface area contributed by atoms with Crippen molar-refractivity contribution in [2.75, 3.05) is 0 Å². The molecule has 0 radical (unpaired) electrons. The first-order valence-electron chi connectivity index (χ1n) is 6.67. The number of hydrogen-bond acceptors (Lipinski definition) is 4. The minimum atomic E-state index is -0.407. The molecule has 0 fully saturated rings. The first kappa shape index (κ1) is 13.3. The maximum Gasteiger partial charge on any atom is 0.269 e. The highest BCUT2D eigenvalue weighted by molar-refractivity contribution is 5.87. The molecule has 0 heterocycles. The van der Waals surface area contributed by atoms with E-state index in [4.69, 9.17) is 5.41 Å². The zero-order valence-corrected chi connectivity index (χ0v) is 11.2. The first-order chi connectivity index (χ1) is 10.0. The van der Waals surface area contributed by atoms with Crippen LogP contribution in [0, 0.1) is 15.5 Å². The SMILES string of the molecule is N=C1Cc2cc(O)ccc2C(c2cccc([N+](=O)[O-])c2)C1. The topological polar surface area (TPSA) is 87.2 Å². The van der Waals surface area contributed by atoms with Gasteiger partial charge < -0.3 is 10.5 Å². The molecule has 0 saturated heterocycles. The Labute approximate surface area is 121 Å². The van der Waals surface area contributed by atoms with Gasteiger partial charge in [0, 0.05) is 30.2 Å².